The molecule has 110 valence electrons. The summed E-state index contributed by atoms with van der Waals surface area (Å²) in [6.07, 6.45) is 0. The molecule has 2 aromatic rings. The highest BCUT2D eigenvalue weighted by Gasteiger charge is 2.18. The molecule has 0 aliphatic carbocycles. The number of nitrogen functional groups attached to an aromatic ring is 1. The molecule has 0 spiro atoms. The number of halogens is 1. The van der Waals surface area contributed by atoms with Crippen LogP contribution in [0.5, 0.6) is 0 Å². The summed E-state index contributed by atoms with van der Waals surface area (Å²) >= 11 is 6.10. The molecule has 0 saturated heterocycles. The number of hydrogen-bond acceptors (Lipinski definition) is 3. The molecule has 2 rings (SSSR count). The van der Waals surface area contributed by atoms with E-state index in [1.807, 2.05) is 32.0 Å². The number of carbonyl (C=O) groups is 1. The van der Waals surface area contributed by atoms with Crippen LogP contribution in [0, 0.1) is 6.92 Å². The van der Waals surface area contributed by atoms with E-state index >= 15 is 0 Å². The van der Waals surface area contributed by atoms with Crippen molar-refractivity contribution in [3.63, 3.8) is 0 Å². The molecular weight excluding hydrogens is 286 g/mol. The predicted molar refractivity (Wildman–Crippen MR) is 85.3 cm³/mol. The number of hydrogen-bond donors (Lipinski definition) is 1. The molecule has 0 bridgehead atoms. The largest absolute Gasteiger partial charge is 0.399 e. The van der Waals surface area contributed by atoms with E-state index in [4.69, 9.17) is 17.3 Å². The lowest BCUT2D eigenvalue weighted by molar-refractivity contribution is 0.0750. The average molecular weight is 304 g/mol. The van der Waals surface area contributed by atoms with Crippen LogP contribution in [0.3, 0.4) is 0 Å². The number of nitrogens with zero attached hydrogens (tertiary/aromatic N) is 2. The number of anilines is 1. The summed E-state index contributed by atoms with van der Waals surface area (Å²) in [6, 6.07) is 10.7. The second-order valence-electron chi connectivity index (χ2n) is 4.83. The van der Waals surface area contributed by atoms with Gasteiger partial charge in [0.1, 0.15) is 0 Å². The fraction of sp³-hybridized carbons (Fsp3) is 0.250. The molecule has 1 heterocycles. The summed E-state index contributed by atoms with van der Waals surface area (Å²) in [6.45, 7) is 4.87. The topological polar surface area (TPSA) is 59.2 Å². The van der Waals surface area contributed by atoms with Crippen molar-refractivity contribution in [3.8, 4) is 0 Å². The molecule has 4 nitrogen and oxygen atoms in total. The van der Waals surface area contributed by atoms with Crippen molar-refractivity contribution in [2.45, 2.75) is 20.4 Å². The first-order valence-corrected chi connectivity index (χ1v) is 7.16. The molecule has 21 heavy (non-hydrogen) atoms. The first-order chi connectivity index (χ1) is 10.0. The lowest BCUT2D eigenvalue weighted by Gasteiger charge is -2.21. The van der Waals surface area contributed by atoms with Crippen molar-refractivity contribution in [1.29, 1.82) is 0 Å². The van der Waals surface area contributed by atoms with Crippen LogP contribution in [-0.2, 0) is 6.54 Å². The third-order valence-corrected chi connectivity index (χ3v) is 3.52. The highest BCUT2D eigenvalue weighted by atomic mass is 35.5. The fourth-order valence-corrected chi connectivity index (χ4v) is 2.29. The lowest BCUT2D eigenvalue weighted by atomic mass is 10.1. The van der Waals surface area contributed by atoms with Gasteiger partial charge in [-0.2, -0.15) is 0 Å². The van der Waals surface area contributed by atoms with E-state index in [0.29, 0.717) is 29.4 Å². The number of pyridine rings is 1. The zero-order chi connectivity index (χ0) is 15.4. The standard InChI is InChI=1S/C16H18ClN3O/c1-3-20(10-13-6-4-5-11(2)19-13)16(21)14-9-12(18)7-8-15(14)17/h4-9H,3,10,18H2,1-2H3. The molecule has 0 fully saturated rings. The van der Waals surface area contributed by atoms with Crippen molar-refractivity contribution >= 4 is 23.2 Å². The molecule has 0 unspecified atom stereocenters. The third kappa shape index (κ3) is 3.73. The van der Waals surface area contributed by atoms with E-state index in [1.165, 1.54) is 0 Å². The fourth-order valence-electron chi connectivity index (χ4n) is 2.09. The summed E-state index contributed by atoms with van der Waals surface area (Å²) < 4.78 is 0. The normalized spacial score (nSPS) is 10.4. The van der Waals surface area contributed by atoms with E-state index < -0.39 is 0 Å². The Bertz CT molecular complexity index is 658. The van der Waals surface area contributed by atoms with E-state index in [0.717, 1.165) is 11.4 Å². The van der Waals surface area contributed by atoms with Crippen LogP contribution in [-0.4, -0.2) is 22.3 Å². The summed E-state index contributed by atoms with van der Waals surface area (Å²) in [7, 11) is 0. The molecule has 0 radical (unpaired) electrons. The molecule has 1 aromatic heterocycles. The van der Waals surface area contributed by atoms with Gasteiger partial charge in [-0.15, -0.1) is 0 Å². The summed E-state index contributed by atoms with van der Waals surface area (Å²) in [4.78, 5) is 18.7. The minimum atomic E-state index is -0.141. The number of rotatable bonds is 4. The SMILES string of the molecule is CCN(Cc1cccc(C)n1)C(=O)c1cc(N)ccc1Cl. The van der Waals surface area contributed by atoms with Crippen molar-refractivity contribution in [2.75, 3.05) is 12.3 Å². The maximum Gasteiger partial charge on any atom is 0.255 e. The molecule has 0 aliphatic rings. The van der Waals surface area contributed by atoms with Crippen LogP contribution in [0.15, 0.2) is 36.4 Å². The van der Waals surface area contributed by atoms with Crippen LogP contribution in [0.4, 0.5) is 5.69 Å². The van der Waals surface area contributed by atoms with Crippen LogP contribution >= 0.6 is 11.6 Å². The number of carbonyl (C=O) groups excluding carboxylic acids is 1. The van der Waals surface area contributed by atoms with E-state index in [-0.39, 0.29) is 5.91 Å². The van der Waals surface area contributed by atoms with Crippen molar-refractivity contribution in [1.82, 2.24) is 9.88 Å². The molecule has 1 aromatic carbocycles. The van der Waals surface area contributed by atoms with Gasteiger partial charge in [-0.1, -0.05) is 17.7 Å². The molecule has 0 aliphatic heterocycles. The molecule has 5 heteroatoms. The van der Waals surface area contributed by atoms with Crippen LogP contribution in [0.2, 0.25) is 5.02 Å². The second kappa shape index (κ2) is 6.59. The van der Waals surface area contributed by atoms with Crippen LogP contribution in [0.25, 0.3) is 0 Å². The number of amides is 1. The van der Waals surface area contributed by atoms with Gasteiger partial charge in [0.15, 0.2) is 0 Å². The van der Waals surface area contributed by atoms with Gasteiger partial charge in [0.25, 0.3) is 5.91 Å². The number of benzene rings is 1. The zero-order valence-corrected chi connectivity index (χ0v) is 12.9. The first kappa shape index (κ1) is 15.3. The Balaban J connectivity index is 2.24. The van der Waals surface area contributed by atoms with Gasteiger partial charge in [0, 0.05) is 17.9 Å². The van der Waals surface area contributed by atoms with Crippen LogP contribution in [0.1, 0.15) is 28.7 Å². The van der Waals surface area contributed by atoms with Gasteiger partial charge in [-0.25, -0.2) is 0 Å². The molecular formula is C16H18ClN3O. The Morgan fingerprint density at radius 2 is 2.10 bits per heavy atom. The Labute approximate surface area is 129 Å². The number of aromatic nitrogens is 1. The molecule has 0 saturated carbocycles. The minimum absolute atomic E-state index is 0.141. The Kier molecular flexibility index (Phi) is 4.81. The number of nitrogens with two attached hydrogens (primary N) is 1. The van der Waals surface area contributed by atoms with Crippen LogP contribution < -0.4 is 5.73 Å². The minimum Gasteiger partial charge on any atom is -0.399 e. The highest BCUT2D eigenvalue weighted by molar-refractivity contribution is 6.34. The van der Waals surface area contributed by atoms with Gasteiger partial charge >= 0.3 is 0 Å². The lowest BCUT2D eigenvalue weighted by Crippen LogP contribution is -2.31. The maximum absolute atomic E-state index is 12.6. The van der Waals surface area contributed by atoms with Gasteiger partial charge in [-0.05, 0) is 44.2 Å². The van der Waals surface area contributed by atoms with Crippen molar-refractivity contribution in [2.24, 2.45) is 0 Å². The monoisotopic (exact) mass is 303 g/mol. The second-order valence-corrected chi connectivity index (χ2v) is 5.24. The Morgan fingerprint density at radius 3 is 2.76 bits per heavy atom. The van der Waals surface area contributed by atoms with Gasteiger partial charge in [-0.3, -0.25) is 9.78 Å². The molecule has 0 atom stereocenters. The van der Waals surface area contributed by atoms with Gasteiger partial charge in [0.2, 0.25) is 0 Å². The summed E-state index contributed by atoms with van der Waals surface area (Å²) in [5.41, 5.74) is 8.46. The molecule has 1 amide bonds. The highest BCUT2D eigenvalue weighted by Crippen LogP contribution is 2.21. The van der Waals surface area contributed by atoms with E-state index in [9.17, 15) is 4.79 Å². The zero-order valence-electron chi connectivity index (χ0n) is 12.1. The smallest absolute Gasteiger partial charge is 0.255 e. The first-order valence-electron chi connectivity index (χ1n) is 6.78. The van der Waals surface area contributed by atoms with Gasteiger partial charge < -0.3 is 10.6 Å². The Hall–Kier alpha value is -2.07. The molecule has 2 N–H and O–H groups in total. The van der Waals surface area contributed by atoms with Gasteiger partial charge in [0.05, 0.1) is 22.8 Å². The number of aryl methyl sites for hydroxylation is 1. The van der Waals surface area contributed by atoms with E-state index in [1.54, 1.807) is 23.1 Å². The average Bonchev–Trinajstić information content (AvgIpc) is 2.46. The predicted octanol–water partition coefficient (Wildman–Crippen LogP) is 3.29. The quantitative estimate of drug-likeness (QED) is 0.882. The third-order valence-electron chi connectivity index (χ3n) is 3.19. The summed E-state index contributed by atoms with van der Waals surface area (Å²) in [5.74, 6) is -0.141. The Morgan fingerprint density at radius 1 is 1.33 bits per heavy atom. The summed E-state index contributed by atoms with van der Waals surface area (Å²) in [5, 5.41) is 0.407. The maximum atomic E-state index is 12.6. The van der Waals surface area contributed by atoms with Crippen molar-refractivity contribution < 1.29 is 4.79 Å². The van der Waals surface area contributed by atoms with Crippen molar-refractivity contribution in [3.05, 3.63) is 58.4 Å². The van der Waals surface area contributed by atoms with E-state index in [2.05, 4.69) is 4.98 Å².